The maximum atomic E-state index is 3.82. The highest BCUT2D eigenvalue weighted by Crippen LogP contribution is 2.13. The van der Waals surface area contributed by atoms with Gasteiger partial charge in [0.1, 0.15) is 0 Å². The van der Waals surface area contributed by atoms with Crippen LogP contribution in [0.4, 0.5) is 0 Å². The molecule has 1 heterocycles. The van der Waals surface area contributed by atoms with E-state index in [4.69, 9.17) is 0 Å². The van der Waals surface area contributed by atoms with Crippen LogP contribution in [-0.2, 0) is 6.42 Å². The van der Waals surface area contributed by atoms with Crippen molar-refractivity contribution in [3.8, 4) is 0 Å². The molecule has 1 N–H and O–H groups in total. The van der Waals surface area contributed by atoms with Crippen molar-refractivity contribution in [3.63, 3.8) is 0 Å². The molecule has 1 atom stereocenters. The third-order valence-electron chi connectivity index (χ3n) is 4.66. The van der Waals surface area contributed by atoms with Crippen molar-refractivity contribution in [2.45, 2.75) is 64.5 Å². The van der Waals surface area contributed by atoms with Crippen LogP contribution in [0.25, 0.3) is 0 Å². The first kappa shape index (κ1) is 16.5. The van der Waals surface area contributed by atoms with Gasteiger partial charge in [-0.1, -0.05) is 50.1 Å². The van der Waals surface area contributed by atoms with Gasteiger partial charge in [0, 0.05) is 18.6 Å². The first-order valence-corrected chi connectivity index (χ1v) is 8.80. The number of hydrogen-bond donors (Lipinski definition) is 1. The topological polar surface area (TPSA) is 15.3 Å². The number of hydrogen-bond acceptors (Lipinski definition) is 2. The molecular formula is C19H32N2. The van der Waals surface area contributed by atoms with Gasteiger partial charge in [0.05, 0.1) is 0 Å². The van der Waals surface area contributed by atoms with Gasteiger partial charge in [-0.2, -0.15) is 0 Å². The summed E-state index contributed by atoms with van der Waals surface area (Å²) in [5.41, 5.74) is 1.46. The van der Waals surface area contributed by atoms with Gasteiger partial charge in [-0.25, -0.2) is 0 Å². The van der Waals surface area contributed by atoms with Crippen molar-refractivity contribution < 1.29 is 0 Å². The average molecular weight is 288 g/mol. The number of unbranched alkanes of at least 4 members (excludes halogenated alkanes) is 1. The van der Waals surface area contributed by atoms with Crippen LogP contribution in [-0.4, -0.2) is 36.6 Å². The molecule has 1 aliphatic heterocycles. The van der Waals surface area contributed by atoms with Crippen molar-refractivity contribution in [1.82, 2.24) is 10.2 Å². The monoisotopic (exact) mass is 288 g/mol. The minimum absolute atomic E-state index is 0.686. The molecule has 2 nitrogen and oxygen atoms in total. The number of nitrogens with zero attached hydrogens (tertiary/aromatic N) is 1. The van der Waals surface area contributed by atoms with Crippen molar-refractivity contribution in [2.24, 2.45) is 0 Å². The minimum Gasteiger partial charge on any atom is -0.311 e. The summed E-state index contributed by atoms with van der Waals surface area (Å²) in [6.07, 6.45) is 7.79. The summed E-state index contributed by atoms with van der Waals surface area (Å²) in [6.45, 7) is 8.34. The van der Waals surface area contributed by atoms with E-state index in [-0.39, 0.29) is 0 Å². The fourth-order valence-electron chi connectivity index (χ4n) is 3.25. The van der Waals surface area contributed by atoms with Gasteiger partial charge in [0.2, 0.25) is 0 Å². The maximum Gasteiger partial charge on any atom is 0.00938 e. The molecule has 0 aromatic heterocycles. The fourth-order valence-corrected chi connectivity index (χ4v) is 3.25. The number of rotatable bonds is 8. The summed E-state index contributed by atoms with van der Waals surface area (Å²) in [6, 6.07) is 12.3. The third kappa shape index (κ3) is 6.19. The fraction of sp³-hybridized carbons (Fsp3) is 0.684. The Kier molecular flexibility index (Phi) is 7.25. The Morgan fingerprint density at radius 2 is 1.90 bits per heavy atom. The zero-order valence-electron chi connectivity index (χ0n) is 13.9. The molecule has 0 amide bonds. The first-order valence-electron chi connectivity index (χ1n) is 8.80. The molecule has 2 rings (SSSR count). The first-order chi connectivity index (χ1) is 10.3. The molecule has 0 aliphatic carbocycles. The second-order valence-electron chi connectivity index (χ2n) is 6.56. The zero-order valence-corrected chi connectivity index (χ0v) is 13.9. The van der Waals surface area contributed by atoms with E-state index in [1.165, 1.54) is 63.7 Å². The van der Waals surface area contributed by atoms with E-state index >= 15 is 0 Å². The quantitative estimate of drug-likeness (QED) is 0.781. The van der Waals surface area contributed by atoms with E-state index in [1.807, 2.05) is 0 Å². The summed E-state index contributed by atoms with van der Waals surface area (Å²) in [7, 11) is 0. The Morgan fingerprint density at radius 3 is 2.57 bits per heavy atom. The van der Waals surface area contributed by atoms with Crippen molar-refractivity contribution in [2.75, 3.05) is 19.6 Å². The second-order valence-corrected chi connectivity index (χ2v) is 6.56. The van der Waals surface area contributed by atoms with Gasteiger partial charge < -0.3 is 10.2 Å². The van der Waals surface area contributed by atoms with Crippen LogP contribution in [0.3, 0.4) is 0 Å². The Balaban J connectivity index is 1.62. The maximum absolute atomic E-state index is 3.82. The number of piperidine rings is 1. The van der Waals surface area contributed by atoms with Crippen LogP contribution in [0, 0.1) is 0 Å². The summed E-state index contributed by atoms with van der Waals surface area (Å²) < 4.78 is 0. The lowest BCUT2D eigenvalue weighted by atomic mass is 10.0. The number of nitrogens with one attached hydrogen (secondary N) is 1. The lowest BCUT2D eigenvalue weighted by molar-refractivity contribution is 0.192. The molecule has 0 bridgehead atoms. The van der Waals surface area contributed by atoms with Gasteiger partial charge in [-0.05, 0) is 51.3 Å². The van der Waals surface area contributed by atoms with Crippen molar-refractivity contribution in [3.05, 3.63) is 35.9 Å². The molecule has 1 aliphatic rings. The predicted octanol–water partition coefficient (Wildman–Crippen LogP) is 3.86. The van der Waals surface area contributed by atoms with Gasteiger partial charge in [-0.15, -0.1) is 0 Å². The molecule has 1 aromatic carbocycles. The highest BCUT2D eigenvalue weighted by molar-refractivity contribution is 5.14. The minimum atomic E-state index is 0.686. The van der Waals surface area contributed by atoms with Crippen LogP contribution in [0.15, 0.2) is 30.3 Å². The standard InChI is InChI=1S/C19H32N2/c1-3-4-8-17(2)20-19-12-15-21(16-13-19)14-11-18-9-6-5-7-10-18/h5-7,9-10,17,19-20H,3-4,8,11-16H2,1-2H3. The summed E-state index contributed by atoms with van der Waals surface area (Å²) in [5, 5.41) is 3.82. The largest absolute Gasteiger partial charge is 0.311 e. The lowest BCUT2D eigenvalue weighted by Crippen LogP contribution is -2.45. The van der Waals surface area contributed by atoms with Gasteiger partial charge in [0.25, 0.3) is 0 Å². The Bertz CT molecular complexity index is 368. The second kappa shape index (κ2) is 9.22. The van der Waals surface area contributed by atoms with E-state index in [2.05, 4.69) is 54.4 Å². The molecule has 1 unspecified atom stereocenters. The summed E-state index contributed by atoms with van der Waals surface area (Å²) in [4.78, 5) is 2.63. The Morgan fingerprint density at radius 1 is 1.19 bits per heavy atom. The molecule has 2 heteroatoms. The highest BCUT2D eigenvalue weighted by Gasteiger charge is 2.19. The zero-order chi connectivity index (χ0) is 14.9. The van der Waals surface area contributed by atoms with Gasteiger partial charge >= 0.3 is 0 Å². The molecule has 1 saturated heterocycles. The third-order valence-corrected chi connectivity index (χ3v) is 4.66. The molecular weight excluding hydrogens is 256 g/mol. The molecule has 21 heavy (non-hydrogen) atoms. The van der Waals surface area contributed by atoms with Crippen LogP contribution in [0.2, 0.25) is 0 Å². The van der Waals surface area contributed by atoms with E-state index in [9.17, 15) is 0 Å². The Hall–Kier alpha value is -0.860. The van der Waals surface area contributed by atoms with E-state index in [1.54, 1.807) is 0 Å². The SMILES string of the molecule is CCCCC(C)NC1CCN(CCc2ccccc2)CC1. The molecule has 0 radical (unpaired) electrons. The highest BCUT2D eigenvalue weighted by atomic mass is 15.1. The molecule has 1 fully saturated rings. The molecule has 0 spiro atoms. The van der Waals surface area contributed by atoms with E-state index in [0.29, 0.717) is 6.04 Å². The predicted molar refractivity (Wildman–Crippen MR) is 91.7 cm³/mol. The summed E-state index contributed by atoms with van der Waals surface area (Å²) >= 11 is 0. The van der Waals surface area contributed by atoms with Gasteiger partial charge in [-0.3, -0.25) is 0 Å². The smallest absolute Gasteiger partial charge is 0.00938 e. The molecule has 1 aromatic rings. The van der Waals surface area contributed by atoms with E-state index in [0.717, 1.165) is 6.04 Å². The van der Waals surface area contributed by atoms with Crippen molar-refractivity contribution >= 4 is 0 Å². The number of likely N-dealkylation sites (tertiary alicyclic amines) is 1. The Labute approximate surface area is 130 Å². The lowest BCUT2D eigenvalue weighted by Gasteiger charge is -2.34. The molecule has 0 saturated carbocycles. The van der Waals surface area contributed by atoms with Crippen LogP contribution >= 0.6 is 0 Å². The van der Waals surface area contributed by atoms with Crippen LogP contribution in [0.5, 0.6) is 0 Å². The number of benzene rings is 1. The van der Waals surface area contributed by atoms with Crippen LogP contribution in [0.1, 0.15) is 51.5 Å². The molecule has 118 valence electrons. The van der Waals surface area contributed by atoms with Crippen LogP contribution < -0.4 is 5.32 Å². The van der Waals surface area contributed by atoms with Gasteiger partial charge in [0.15, 0.2) is 0 Å². The normalized spacial score (nSPS) is 18.8. The van der Waals surface area contributed by atoms with Crippen molar-refractivity contribution in [1.29, 1.82) is 0 Å². The average Bonchev–Trinajstić information content (AvgIpc) is 2.53. The van der Waals surface area contributed by atoms with E-state index < -0.39 is 0 Å². The summed E-state index contributed by atoms with van der Waals surface area (Å²) in [5.74, 6) is 0.